The van der Waals surface area contributed by atoms with E-state index in [9.17, 15) is 9.90 Å². The highest BCUT2D eigenvalue weighted by atomic mass is 35.5. The second-order valence-corrected chi connectivity index (χ2v) is 8.03. The summed E-state index contributed by atoms with van der Waals surface area (Å²) >= 11 is 6.76. The van der Waals surface area contributed by atoms with Crippen LogP contribution in [0.3, 0.4) is 0 Å². The molecule has 31 heavy (non-hydrogen) atoms. The Balaban J connectivity index is 1.84. The Morgan fingerprint density at radius 3 is 2.58 bits per heavy atom. The van der Waals surface area contributed by atoms with Gasteiger partial charge in [0.15, 0.2) is 11.5 Å². The summed E-state index contributed by atoms with van der Waals surface area (Å²) in [5.41, 5.74) is 1.33. The molecule has 0 amide bonds. The van der Waals surface area contributed by atoms with Crippen molar-refractivity contribution in [2.75, 3.05) is 6.61 Å². The van der Waals surface area contributed by atoms with Crippen LogP contribution in [0.1, 0.15) is 26.3 Å². The summed E-state index contributed by atoms with van der Waals surface area (Å²) in [6.45, 7) is 6.17. The van der Waals surface area contributed by atoms with Crippen LogP contribution in [0.15, 0.2) is 57.0 Å². The van der Waals surface area contributed by atoms with Crippen molar-refractivity contribution in [1.29, 1.82) is 0 Å². The number of rotatable bonds is 9. The molecule has 0 aliphatic carbocycles. The maximum absolute atomic E-state index is 11.8. The average Bonchev–Trinajstić information content (AvgIpc) is 3.18. The number of ether oxygens (including phenoxy) is 2. The molecule has 3 aromatic rings. The summed E-state index contributed by atoms with van der Waals surface area (Å²) < 4.78 is 17.0. The summed E-state index contributed by atoms with van der Waals surface area (Å²) in [5, 5.41) is 18.3. The molecule has 0 atom stereocenters. The van der Waals surface area contributed by atoms with E-state index in [4.69, 9.17) is 25.5 Å². The van der Waals surface area contributed by atoms with Gasteiger partial charge >= 0.3 is 5.97 Å². The van der Waals surface area contributed by atoms with Gasteiger partial charge in [-0.1, -0.05) is 17.7 Å². The summed E-state index contributed by atoms with van der Waals surface area (Å²) in [7, 11) is 0. The summed E-state index contributed by atoms with van der Waals surface area (Å²) in [6, 6.07) is 12.2. The molecular weight excluding hydrogens is 440 g/mol. The number of carbonyl (C=O) groups is 1. The molecule has 3 rings (SSSR count). The maximum atomic E-state index is 11.8. The molecule has 1 N–H and O–H groups in total. The van der Waals surface area contributed by atoms with E-state index in [0.717, 1.165) is 11.8 Å². The molecule has 0 radical (unpaired) electrons. The summed E-state index contributed by atoms with van der Waals surface area (Å²) in [6.07, 6.45) is 1.50. The van der Waals surface area contributed by atoms with Crippen LogP contribution in [0.2, 0.25) is 5.02 Å². The molecule has 0 bridgehead atoms. The van der Waals surface area contributed by atoms with Gasteiger partial charge in [0.1, 0.15) is 4.91 Å². The lowest BCUT2D eigenvalue weighted by atomic mass is 10.2. The molecule has 0 saturated carbocycles. The second-order valence-electron chi connectivity index (χ2n) is 6.60. The van der Waals surface area contributed by atoms with E-state index in [1.165, 1.54) is 6.08 Å². The van der Waals surface area contributed by atoms with Gasteiger partial charge in [-0.15, -0.1) is 10.2 Å². The molecule has 0 fully saturated rings. The number of aliphatic carboxylic acids is 1. The highest BCUT2D eigenvalue weighted by Gasteiger charge is 2.17. The number of thioether (sulfide) groups is 1. The lowest BCUT2D eigenvalue weighted by Gasteiger charge is -2.15. The topological polar surface area (TPSA) is 94.7 Å². The van der Waals surface area contributed by atoms with Crippen molar-refractivity contribution < 1.29 is 23.8 Å². The van der Waals surface area contributed by atoms with Gasteiger partial charge in [0.05, 0.1) is 12.7 Å². The molecule has 0 unspecified atom stereocenters. The predicted octanol–water partition coefficient (Wildman–Crippen LogP) is 5.79. The zero-order chi connectivity index (χ0) is 22.4. The summed E-state index contributed by atoms with van der Waals surface area (Å²) in [4.78, 5) is 11.8. The lowest BCUT2D eigenvalue weighted by Crippen LogP contribution is -2.07. The third kappa shape index (κ3) is 6.26. The van der Waals surface area contributed by atoms with Crippen LogP contribution in [-0.4, -0.2) is 34.0 Å². The van der Waals surface area contributed by atoms with Crippen LogP contribution in [-0.2, 0) is 4.79 Å². The highest BCUT2D eigenvalue weighted by Crippen LogP contribution is 2.33. The fourth-order valence-electron chi connectivity index (χ4n) is 2.57. The van der Waals surface area contributed by atoms with E-state index in [0.29, 0.717) is 34.3 Å². The number of carboxylic acids is 1. The number of aromatic nitrogens is 2. The highest BCUT2D eigenvalue weighted by molar-refractivity contribution is 8.03. The molecule has 162 valence electrons. The minimum Gasteiger partial charge on any atom is -0.490 e. The largest absolute Gasteiger partial charge is 0.490 e. The Kier molecular flexibility index (Phi) is 7.59. The van der Waals surface area contributed by atoms with E-state index >= 15 is 0 Å². The zero-order valence-corrected chi connectivity index (χ0v) is 18.7. The van der Waals surface area contributed by atoms with E-state index in [2.05, 4.69) is 10.2 Å². The van der Waals surface area contributed by atoms with Gasteiger partial charge in [0.25, 0.3) is 5.22 Å². The van der Waals surface area contributed by atoms with Crippen molar-refractivity contribution in [3.8, 4) is 23.0 Å². The second kappa shape index (κ2) is 10.4. The van der Waals surface area contributed by atoms with E-state index < -0.39 is 5.97 Å². The predicted molar refractivity (Wildman–Crippen MR) is 120 cm³/mol. The molecule has 0 spiro atoms. The molecule has 1 heterocycles. The van der Waals surface area contributed by atoms with Crippen LogP contribution in [0, 0.1) is 0 Å². The lowest BCUT2D eigenvalue weighted by molar-refractivity contribution is -0.131. The van der Waals surface area contributed by atoms with Crippen LogP contribution in [0.4, 0.5) is 0 Å². The number of nitrogens with zero attached hydrogens (tertiary/aromatic N) is 2. The summed E-state index contributed by atoms with van der Waals surface area (Å²) in [5.74, 6) is 0.306. The fraction of sp³-hybridized carbons (Fsp3) is 0.227. The minimum atomic E-state index is -1.11. The fourth-order valence-corrected chi connectivity index (χ4v) is 3.37. The Morgan fingerprint density at radius 2 is 1.94 bits per heavy atom. The van der Waals surface area contributed by atoms with Crippen molar-refractivity contribution >= 4 is 35.4 Å². The number of hydrogen-bond acceptors (Lipinski definition) is 7. The average molecular weight is 461 g/mol. The minimum absolute atomic E-state index is 0.0157. The van der Waals surface area contributed by atoms with Gasteiger partial charge in [0.2, 0.25) is 5.89 Å². The first kappa shape index (κ1) is 22.7. The van der Waals surface area contributed by atoms with Gasteiger partial charge in [-0.3, -0.25) is 0 Å². The van der Waals surface area contributed by atoms with Gasteiger partial charge < -0.3 is 19.0 Å². The van der Waals surface area contributed by atoms with Crippen LogP contribution >= 0.6 is 23.4 Å². The Morgan fingerprint density at radius 1 is 1.19 bits per heavy atom. The third-order valence-electron chi connectivity index (χ3n) is 3.83. The quantitative estimate of drug-likeness (QED) is 0.316. The van der Waals surface area contributed by atoms with E-state index in [1.807, 2.05) is 20.8 Å². The molecule has 1 aromatic heterocycles. The monoisotopic (exact) mass is 460 g/mol. The molecular formula is C22H21ClN2O5S. The SMILES string of the molecule is CCOc1cc(/C=C(\Sc2nnc(-c3ccc(Cl)cc3)o2)C(=O)O)ccc1OC(C)C. The van der Waals surface area contributed by atoms with Gasteiger partial charge in [0, 0.05) is 10.6 Å². The standard InChI is InChI=1S/C22H21ClN2O5S/c1-4-28-18-11-14(5-10-17(18)29-13(2)3)12-19(21(26)27)31-22-25-24-20(30-22)15-6-8-16(23)9-7-15/h5-13H,4H2,1-3H3,(H,26,27)/b19-12-. The Bertz CT molecular complexity index is 1080. The van der Waals surface area contributed by atoms with Gasteiger partial charge in [-0.05, 0) is 80.6 Å². The molecule has 2 aromatic carbocycles. The molecule has 0 aliphatic rings. The van der Waals surface area contributed by atoms with Crippen molar-refractivity contribution in [3.63, 3.8) is 0 Å². The van der Waals surface area contributed by atoms with Gasteiger partial charge in [-0.2, -0.15) is 0 Å². The van der Waals surface area contributed by atoms with E-state index in [1.54, 1.807) is 42.5 Å². The Hall–Kier alpha value is -2.97. The van der Waals surface area contributed by atoms with Crippen LogP contribution in [0.25, 0.3) is 17.5 Å². The third-order valence-corrected chi connectivity index (χ3v) is 4.94. The zero-order valence-electron chi connectivity index (χ0n) is 17.2. The smallest absolute Gasteiger partial charge is 0.342 e. The first-order chi connectivity index (χ1) is 14.9. The first-order valence-corrected chi connectivity index (χ1v) is 10.7. The van der Waals surface area contributed by atoms with Crippen molar-refractivity contribution in [2.24, 2.45) is 0 Å². The number of carboxylic acid groups (broad SMARTS) is 1. The maximum Gasteiger partial charge on any atom is 0.342 e. The first-order valence-electron chi connectivity index (χ1n) is 9.51. The van der Waals surface area contributed by atoms with Crippen LogP contribution in [0.5, 0.6) is 11.5 Å². The molecule has 0 aliphatic heterocycles. The van der Waals surface area contributed by atoms with Crippen molar-refractivity contribution in [2.45, 2.75) is 32.1 Å². The molecule has 9 heteroatoms. The number of halogens is 1. The number of benzene rings is 2. The number of hydrogen-bond donors (Lipinski definition) is 1. The van der Waals surface area contributed by atoms with Crippen LogP contribution < -0.4 is 9.47 Å². The Labute approximate surface area is 189 Å². The van der Waals surface area contributed by atoms with E-state index in [-0.39, 0.29) is 22.1 Å². The van der Waals surface area contributed by atoms with Crippen molar-refractivity contribution in [3.05, 3.63) is 58.0 Å². The van der Waals surface area contributed by atoms with Gasteiger partial charge in [-0.25, -0.2) is 4.79 Å². The normalized spacial score (nSPS) is 11.6. The van der Waals surface area contributed by atoms with Crippen molar-refractivity contribution in [1.82, 2.24) is 10.2 Å². The molecule has 0 saturated heterocycles. The molecule has 7 nitrogen and oxygen atoms in total.